The van der Waals surface area contributed by atoms with Crippen LogP contribution in [-0.4, -0.2) is 10.8 Å². The van der Waals surface area contributed by atoms with E-state index in [1.54, 1.807) is 24.3 Å². The highest BCUT2D eigenvalue weighted by molar-refractivity contribution is 9.10. The van der Waals surface area contributed by atoms with Gasteiger partial charge in [0.25, 0.3) is 0 Å². The molecule has 0 aliphatic heterocycles. The molecule has 2 aromatic rings. The van der Waals surface area contributed by atoms with Crippen molar-refractivity contribution < 1.29 is 9.18 Å². The molecule has 1 heterocycles. The second-order valence-electron chi connectivity index (χ2n) is 3.17. The molecule has 0 N–H and O–H groups in total. The fourth-order valence-corrected chi connectivity index (χ4v) is 1.70. The van der Waals surface area contributed by atoms with E-state index in [2.05, 4.69) is 20.9 Å². The maximum atomic E-state index is 13.7. The van der Waals surface area contributed by atoms with Crippen molar-refractivity contribution in [1.29, 1.82) is 0 Å². The normalized spacial score (nSPS) is 10.1. The van der Waals surface area contributed by atoms with Crippen LogP contribution in [0.1, 0.15) is 15.9 Å². The molecule has 0 atom stereocenters. The smallest absolute Gasteiger partial charge is 0.196 e. The Morgan fingerprint density at radius 1 is 1.19 bits per heavy atom. The molecule has 0 fully saturated rings. The van der Waals surface area contributed by atoms with E-state index in [1.807, 2.05) is 0 Å². The zero-order valence-electron chi connectivity index (χ0n) is 8.15. The molecule has 80 valence electrons. The zero-order chi connectivity index (χ0) is 11.5. The summed E-state index contributed by atoms with van der Waals surface area (Å²) in [5.41, 5.74) is 0.479. The van der Waals surface area contributed by atoms with Gasteiger partial charge in [0, 0.05) is 18.0 Å². The summed E-state index contributed by atoms with van der Waals surface area (Å²) in [6.07, 6.45) is 3.01. The van der Waals surface area contributed by atoms with E-state index in [9.17, 15) is 9.18 Å². The standard InChI is InChI=1S/C12H7BrFNO/c13-10-3-1-2-9(11(10)14)12(16)8-4-6-15-7-5-8/h1-7H. The third kappa shape index (κ3) is 2.02. The van der Waals surface area contributed by atoms with Gasteiger partial charge in [0.05, 0.1) is 10.0 Å². The summed E-state index contributed by atoms with van der Waals surface area (Å²) in [6, 6.07) is 7.76. The topological polar surface area (TPSA) is 30.0 Å². The molecule has 0 radical (unpaired) electrons. The fraction of sp³-hybridized carbons (Fsp3) is 0. The van der Waals surface area contributed by atoms with Gasteiger partial charge in [0.15, 0.2) is 5.78 Å². The van der Waals surface area contributed by atoms with Gasteiger partial charge in [-0.3, -0.25) is 9.78 Å². The monoisotopic (exact) mass is 279 g/mol. The van der Waals surface area contributed by atoms with Crippen molar-refractivity contribution in [2.24, 2.45) is 0 Å². The van der Waals surface area contributed by atoms with Crippen molar-refractivity contribution in [3.63, 3.8) is 0 Å². The molecular weight excluding hydrogens is 273 g/mol. The molecule has 16 heavy (non-hydrogen) atoms. The average Bonchev–Trinajstić information content (AvgIpc) is 2.33. The van der Waals surface area contributed by atoms with Gasteiger partial charge in [-0.2, -0.15) is 0 Å². The highest BCUT2D eigenvalue weighted by Crippen LogP contribution is 2.20. The average molecular weight is 280 g/mol. The van der Waals surface area contributed by atoms with Crippen molar-refractivity contribution in [2.75, 3.05) is 0 Å². The van der Waals surface area contributed by atoms with Crippen molar-refractivity contribution in [2.45, 2.75) is 0 Å². The van der Waals surface area contributed by atoms with Crippen molar-refractivity contribution in [1.82, 2.24) is 4.98 Å². The third-order valence-corrected chi connectivity index (χ3v) is 2.75. The van der Waals surface area contributed by atoms with Gasteiger partial charge in [-0.15, -0.1) is 0 Å². The molecule has 0 unspecified atom stereocenters. The van der Waals surface area contributed by atoms with Crippen molar-refractivity contribution in [3.05, 3.63) is 64.1 Å². The zero-order valence-corrected chi connectivity index (χ0v) is 9.74. The lowest BCUT2D eigenvalue weighted by Crippen LogP contribution is -2.04. The Morgan fingerprint density at radius 3 is 2.56 bits per heavy atom. The Balaban J connectivity index is 2.46. The van der Waals surface area contributed by atoms with E-state index in [4.69, 9.17) is 0 Å². The highest BCUT2D eigenvalue weighted by Gasteiger charge is 2.15. The Hall–Kier alpha value is -1.55. The first-order valence-electron chi connectivity index (χ1n) is 4.59. The first-order valence-corrected chi connectivity index (χ1v) is 5.38. The van der Waals surface area contributed by atoms with E-state index in [-0.39, 0.29) is 15.8 Å². The summed E-state index contributed by atoms with van der Waals surface area (Å²) in [5.74, 6) is -0.884. The van der Waals surface area contributed by atoms with Crippen LogP contribution in [0.25, 0.3) is 0 Å². The summed E-state index contributed by atoms with van der Waals surface area (Å²) in [6.45, 7) is 0. The fourth-order valence-electron chi connectivity index (χ4n) is 1.34. The minimum atomic E-state index is -0.538. The van der Waals surface area contributed by atoms with Crippen LogP contribution < -0.4 is 0 Å². The molecule has 2 rings (SSSR count). The minimum Gasteiger partial charge on any atom is -0.288 e. The second kappa shape index (κ2) is 4.53. The number of ketones is 1. The van der Waals surface area contributed by atoms with Gasteiger partial charge >= 0.3 is 0 Å². The van der Waals surface area contributed by atoms with Gasteiger partial charge in [0.2, 0.25) is 0 Å². The molecule has 0 saturated heterocycles. The Labute approximate surface area is 100 Å². The second-order valence-corrected chi connectivity index (χ2v) is 4.02. The number of pyridine rings is 1. The molecular formula is C12H7BrFNO. The van der Waals surface area contributed by atoms with Gasteiger partial charge in [-0.05, 0) is 40.2 Å². The lowest BCUT2D eigenvalue weighted by atomic mass is 10.0. The number of halogens is 2. The molecule has 0 aliphatic carbocycles. The number of benzene rings is 1. The minimum absolute atomic E-state index is 0.0561. The van der Waals surface area contributed by atoms with Crippen LogP contribution >= 0.6 is 15.9 Å². The highest BCUT2D eigenvalue weighted by atomic mass is 79.9. The van der Waals surface area contributed by atoms with Gasteiger partial charge in [-0.25, -0.2) is 4.39 Å². The van der Waals surface area contributed by atoms with Crippen LogP contribution in [0, 0.1) is 5.82 Å². The van der Waals surface area contributed by atoms with Crippen LogP contribution in [0.4, 0.5) is 4.39 Å². The first-order chi connectivity index (χ1) is 7.70. The van der Waals surface area contributed by atoms with Crippen LogP contribution in [0.5, 0.6) is 0 Å². The predicted octanol–water partition coefficient (Wildman–Crippen LogP) is 3.21. The SMILES string of the molecule is O=C(c1ccncc1)c1cccc(Br)c1F. The molecule has 1 aromatic heterocycles. The van der Waals surface area contributed by atoms with Gasteiger partial charge < -0.3 is 0 Å². The number of hydrogen-bond donors (Lipinski definition) is 0. The number of aromatic nitrogens is 1. The quantitative estimate of drug-likeness (QED) is 0.790. The Kier molecular flexibility index (Phi) is 3.10. The summed E-state index contributed by atoms with van der Waals surface area (Å²) in [4.78, 5) is 15.7. The van der Waals surface area contributed by atoms with Crippen LogP contribution in [0.2, 0.25) is 0 Å². The number of hydrogen-bond acceptors (Lipinski definition) is 2. The Bertz CT molecular complexity index is 528. The van der Waals surface area contributed by atoms with Crippen LogP contribution in [0.15, 0.2) is 47.2 Å². The Morgan fingerprint density at radius 2 is 1.88 bits per heavy atom. The van der Waals surface area contributed by atoms with Gasteiger partial charge in [0.1, 0.15) is 5.82 Å². The van der Waals surface area contributed by atoms with Crippen LogP contribution in [-0.2, 0) is 0 Å². The molecule has 0 spiro atoms. The molecule has 0 saturated carbocycles. The maximum Gasteiger partial charge on any atom is 0.196 e. The van der Waals surface area contributed by atoms with Gasteiger partial charge in [-0.1, -0.05) is 6.07 Å². The van der Waals surface area contributed by atoms with E-state index in [0.29, 0.717) is 5.56 Å². The maximum absolute atomic E-state index is 13.7. The number of nitrogens with zero attached hydrogens (tertiary/aromatic N) is 1. The van der Waals surface area contributed by atoms with E-state index >= 15 is 0 Å². The number of carbonyl (C=O) groups excluding carboxylic acids is 1. The van der Waals surface area contributed by atoms with E-state index in [0.717, 1.165) is 0 Å². The van der Waals surface area contributed by atoms with Crippen molar-refractivity contribution in [3.8, 4) is 0 Å². The van der Waals surface area contributed by atoms with Crippen molar-refractivity contribution >= 4 is 21.7 Å². The first kappa shape index (κ1) is 11.0. The summed E-state index contributed by atoms with van der Waals surface area (Å²) < 4.78 is 13.9. The molecule has 0 amide bonds. The largest absolute Gasteiger partial charge is 0.288 e. The molecule has 4 heteroatoms. The molecule has 1 aromatic carbocycles. The number of rotatable bonds is 2. The van der Waals surface area contributed by atoms with E-state index in [1.165, 1.54) is 18.5 Å². The number of carbonyl (C=O) groups is 1. The molecule has 0 bridgehead atoms. The van der Waals surface area contributed by atoms with Crippen LogP contribution in [0.3, 0.4) is 0 Å². The third-order valence-electron chi connectivity index (χ3n) is 2.14. The summed E-state index contributed by atoms with van der Waals surface area (Å²) in [7, 11) is 0. The molecule has 0 aliphatic rings. The summed E-state index contributed by atoms with van der Waals surface area (Å²) in [5, 5.41) is 0. The lowest BCUT2D eigenvalue weighted by molar-refractivity contribution is 0.103. The predicted molar refractivity (Wildman–Crippen MR) is 61.8 cm³/mol. The van der Waals surface area contributed by atoms with E-state index < -0.39 is 5.82 Å². The lowest BCUT2D eigenvalue weighted by Gasteiger charge is -2.03. The summed E-state index contributed by atoms with van der Waals surface area (Å²) >= 11 is 3.05. The molecule has 2 nitrogen and oxygen atoms in total.